The quantitative estimate of drug-likeness (QED) is 0.361. The van der Waals surface area contributed by atoms with Gasteiger partial charge < -0.3 is 0 Å². The Morgan fingerprint density at radius 2 is 1.60 bits per heavy atom. The molecule has 0 spiro atoms. The highest BCUT2D eigenvalue weighted by Gasteiger charge is 1.71. The fourth-order valence-corrected chi connectivity index (χ4v) is 0.0289. The van der Waals surface area contributed by atoms with Crippen molar-refractivity contribution < 1.29 is 0 Å². The van der Waals surface area contributed by atoms with Gasteiger partial charge in [-0.05, 0) is 0 Å². The number of nitriles is 2. The molecule has 0 aliphatic carbocycles. The molecule has 0 saturated carbocycles. The van der Waals surface area contributed by atoms with Gasteiger partial charge in [0.2, 0.25) is 0 Å². The molecule has 0 N–H and O–H groups in total. The van der Waals surface area contributed by atoms with Gasteiger partial charge in [0.1, 0.15) is 0 Å². The van der Waals surface area contributed by atoms with Gasteiger partial charge in [0.25, 0.3) is 0 Å². The summed E-state index contributed by atoms with van der Waals surface area (Å²) in [6.07, 6.45) is 0. The van der Waals surface area contributed by atoms with E-state index < -0.39 is 0 Å². The van der Waals surface area contributed by atoms with Gasteiger partial charge in [-0.1, -0.05) is 0 Å². The van der Waals surface area contributed by atoms with Gasteiger partial charge in [-0.3, -0.25) is 0 Å². The molecule has 21 valence electrons. The molecule has 0 aliphatic rings. The largest absolute Gasteiger partial charge is 0.390 e. The van der Waals surface area contributed by atoms with Crippen molar-refractivity contribution >= 4 is 7.28 Å². The van der Waals surface area contributed by atoms with Crippen LogP contribution in [0.5, 0.6) is 0 Å². The summed E-state index contributed by atoms with van der Waals surface area (Å²) in [4.78, 5) is 0. The van der Waals surface area contributed by atoms with Crippen molar-refractivity contribution in [3.8, 4) is 11.9 Å². The van der Waals surface area contributed by atoms with Gasteiger partial charge in [0.15, 0.2) is 0 Å². The molecule has 0 aliphatic heterocycles. The van der Waals surface area contributed by atoms with Crippen LogP contribution in [0.4, 0.5) is 0 Å². The van der Waals surface area contributed by atoms with Crippen molar-refractivity contribution in [2.75, 3.05) is 0 Å². The number of rotatable bonds is 0. The van der Waals surface area contributed by atoms with Crippen LogP contribution in [-0.2, 0) is 0 Å². The standard InChI is InChI=1S/C2BN2/c4-1-3-2-5. The molecule has 0 bridgehead atoms. The minimum absolute atomic E-state index is 0.861. The minimum atomic E-state index is 0.861. The van der Waals surface area contributed by atoms with E-state index in [2.05, 4.69) is 0 Å². The zero-order chi connectivity index (χ0) is 4.12. The van der Waals surface area contributed by atoms with E-state index in [4.69, 9.17) is 10.5 Å². The summed E-state index contributed by atoms with van der Waals surface area (Å²) in [6, 6.07) is 0. The molecule has 0 atom stereocenters. The number of hydrogen-bond donors (Lipinski definition) is 0. The Labute approximate surface area is 30.9 Å². The molecular weight excluding hydrogens is 62.8 g/mol. The third-order valence-corrected chi connectivity index (χ3v) is 0.129. The fourth-order valence-electron chi connectivity index (χ4n) is 0.0289. The van der Waals surface area contributed by atoms with E-state index in [0.717, 1.165) is 7.28 Å². The molecular formula is C2BN2. The second kappa shape index (κ2) is 3.04. The van der Waals surface area contributed by atoms with Gasteiger partial charge >= 0.3 is 7.28 Å². The summed E-state index contributed by atoms with van der Waals surface area (Å²) < 4.78 is 0. The molecule has 0 amide bonds. The van der Waals surface area contributed by atoms with E-state index in [1.807, 2.05) is 0 Å². The fraction of sp³-hybridized carbons (Fsp3) is 0. The maximum absolute atomic E-state index is 7.54. The van der Waals surface area contributed by atoms with Gasteiger partial charge in [-0.25, -0.2) is 10.5 Å². The maximum Gasteiger partial charge on any atom is 0.390 e. The summed E-state index contributed by atoms with van der Waals surface area (Å²) in [5, 5.41) is 15.1. The summed E-state index contributed by atoms with van der Waals surface area (Å²) >= 11 is 0. The Morgan fingerprint density at radius 3 is 1.60 bits per heavy atom. The topological polar surface area (TPSA) is 47.6 Å². The number of hydrogen-bond acceptors (Lipinski definition) is 2. The monoisotopic (exact) mass is 63.0 g/mol. The van der Waals surface area contributed by atoms with E-state index in [1.165, 1.54) is 11.9 Å². The molecule has 3 heteroatoms. The average Bonchev–Trinajstić information content (AvgIpc) is 1.41. The Bertz CT molecular complexity index is 72.8. The molecule has 0 aromatic rings. The first-order valence-corrected chi connectivity index (χ1v) is 1.02. The highest BCUT2D eigenvalue weighted by atomic mass is 14.2. The Kier molecular flexibility index (Phi) is 2.46. The van der Waals surface area contributed by atoms with E-state index in [0.29, 0.717) is 0 Å². The third kappa shape index (κ3) is 3.04. The van der Waals surface area contributed by atoms with Crippen molar-refractivity contribution in [3.63, 3.8) is 0 Å². The van der Waals surface area contributed by atoms with Crippen LogP contribution in [0.15, 0.2) is 0 Å². The smallest absolute Gasteiger partial charge is 0.212 e. The molecule has 0 rings (SSSR count). The van der Waals surface area contributed by atoms with Crippen LogP contribution in [0, 0.1) is 22.5 Å². The molecule has 0 aromatic carbocycles. The van der Waals surface area contributed by atoms with Crippen LogP contribution < -0.4 is 0 Å². The first-order chi connectivity index (χ1) is 2.41. The van der Waals surface area contributed by atoms with Gasteiger partial charge in [0, 0.05) is 11.9 Å². The minimum Gasteiger partial charge on any atom is -0.212 e. The first-order valence-electron chi connectivity index (χ1n) is 1.02. The maximum atomic E-state index is 7.54. The molecule has 0 heterocycles. The lowest BCUT2D eigenvalue weighted by Gasteiger charge is -1.39. The summed E-state index contributed by atoms with van der Waals surface area (Å²) in [7, 11) is 0.861. The van der Waals surface area contributed by atoms with Crippen LogP contribution >= 0.6 is 0 Å². The first kappa shape index (κ1) is 4.04. The lowest BCUT2D eigenvalue weighted by molar-refractivity contribution is 1.55. The molecule has 5 heavy (non-hydrogen) atoms. The van der Waals surface area contributed by atoms with E-state index >= 15 is 0 Å². The van der Waals surface area contributed by atoms with Crippen LogP contribution in [0.2, 0.25) is 0 Å². The highest BCUT2D eigenvalue weighted by Crippen LogP contribution is 1.38. The summed E-state index contributed by atoms with van der Waals surface area (Å²) in [5.41, 5.74) is 0. The van der Waals surface area contributed by atoms with Crippen LogP contribution in [0.1, 0.15) is 0 Å². The Morgan fingerprint density at radius 1 is 1.20 bits per heavy atom. The van der Waals surface area contributed by atoms with Gasteiger partial charge in [-0.15, -0.1) is 0 Å². The second-order valence-corrected chi connectivity index (χ2v) is 0.403. The Balaban J connectivity index is 2.86. The lowest BCUT2D eigenvalue weighted by atomic mass is 9.85. The molecule has 0 unspecified atom stereocenters. The van der Waals surface area contributed by atoms with Crippen molar-refractivity contribution in [1.29, 1.82) is 10.5 Å². The zero-order valence-electron chi connectivity index (χ0n) is 2.47. The van der Waals surface area contributed by atoms with Crippen molar-refractivity contribution in [1.82, 2.24) is 0 Å². The van der Waals surface area contributed by atoms with E-state index in [9.17, 15) is 0 Å². The third-order valence-electron chi connectivity index (χ3n) is 0.129. The van der Waals surface area contributed by atoms with E-state index in [1.54, 1.807) is 0 Å². The van der Waals surface area contributed by atoms with Gasteiger partial charge in [-0.2, -0.15) is 0 Å². The molecule has 2 nitrogen and oxygen atoms in total. The van der Waals surface area contributed by atoms with Crippen molar-refractivity contribution in [2.24, 2.45) is 0 Å². The predicted molar refractivity (Wildman–Crippen MR) is 17.0 cm³/mol. The Hall–Kier alpha value is -0.955. The normalized spacial score (nSPS) is 3.60. The second-order valence-electron chi connectivity index (χ2n) is 0.403. The molecule has 0 saturated heterocycles. The summed E-state index contributed by atoms with van der Waals surface area (Å²) in [6.45, 7) is 0. The predicted octanol–water partition coefficient (Wildman–Crippen LogP) is -0.347. The van der Waals surface area contributed by atoms with Crippen molar-refractivity contribution in [3.05, 3.63) is 0 Å². The average molecular weight is 62.8 g/mol. The SMILES string of the molecule is N#C[B]C#N. The van der Waals surface area contributed by atoms with E-state index in [-0.39, 0.29) is 0 Å². The van der Waals surface area contributed by atoms with Gasteiger partial charge in [0.05, 0.1) is 0 Å². The molecule has 0 fully saturated rings. The van der Waals surface area contributed by atoms with Crippen molar-refractivity contribution in [2.45, 2.75) is 0 Å². The van der Waals surface area contributed by atoms with Crippen LogP contribution in [-0.4, -0.2) is 7.28 Å². The summed E-state index contributed by atoms with van der Waals surface area (Å²) in [5.74, 6) is 3.06. The van der Waals surface area contributed by atoms with Crippen LogP contribution in [0.25, 0.3) is 0 Å². The van der Waals surface area contributed by atoms with Crippen LogP contribution in [0.3, 0.4) is 0 Å². The zero-order valence-corrected chi connectivity index (χ0v) is 2.47. The lowest BCUT2D eigenvalue weighted by Crippen LogP contribution is -1.70. The number of nitrogens with zero attached hydrogens (tertiary/aromatic N) is 2. The highest BCUT2D eigenvalue weighted by molar-refractivity contribution is 6.53. The molecule has 0 aromatic heterocycles. The molecule has 1 radical (unpaired) electrons.